The molecule has 6 heteroatoms. The second-order valence-corrected chi connectivity index (χ2v) is 5.46. The van der Waals surface area contributed by atoms with Crippen molar-refractivity contribution < 1.29 is 9.31 Å². The summed E-state index contributed by atoms with van der Waals surface area (Å²) in [6.07, 6.45) is 0. The van der Waals surface area contributed by atoms with Gasteiger partial charge in [-0.1, -0.05) is 27.7 Å². The van der Waals surface area contributed by atoms with Crippen LogP contribution in [0.15, 0.2) is 56.7 Å². The molecule has 0 saturated carbocycles. The van der Waals surface area contributed by atoms with Crippen molar-refractivity contribution in [1.29, 1.82) is 0 Å². The average molecular weight is 328 g/mol. The number of nitro groups is 1. The predicted octanol–water partition coefficient (Wildman–Crippen LogP) is 4.65. The summed E-state index contributed by atoms with van der Waals surface area (Å²) in [5.41, 5.74) is 0.0266. The molecular weight excluding hydrogens is 321 g/mol. The molecule has 0 aromatic heterocycles. The van der Waals surface area contributed by atoms with E-state index in [1.54, 1.807) is 24.3 Å². The molecule has 0 N–H and O–H groups in total. The van der Waals surface area contributed by atoms with Crippen LogP contribution in [0.1, 0.15) is 0 Å². The Hall–Kier alpha value is -1.40. The number of halogens is 2. The van der Waals surface area contributed by atoms with Crippen LogP contribution in [0.4, 0.5) is 10.1 Å². The Kier molecular flexibility index (Phi) is 3.98. The summed E-state index contributed by atoms with van der Waals surface area (Å²) in [4.78, 5) is 11.8. The largest absolute Gasteiger partial charge is 0.284 e. The first-order valence-electron chi connectivity index (χ1n) is 4.93. The standard InChI is InChI=1S/C12H7BrFNO2S/c13-8-1-6-12(11(7-8)15(16)17)18-10-4-2-9(14)3-5-10/h1-7H. The van der Waals surface area contributed by atoms with Gasteiger partial charge in [-0.25, -0.2) is 4.39 Å². The summed E-state index contributed by atoms with van der Waals surface area (Å²) in [6.45, 7) is 0. The molecule has 0 unspecified atom stereocenters. The molecule has 92 valence electrons. The van der Waals surface area contributed by atoms with Crippen molar-refractivity contribution in [2.24, 2.45) is 0 Å². The van der Waals surface area contributed by atoms with E-state index in [1.165, 1.54) is 30.0 Å². The highest BCUT2D eigenvalue weighted by Crippen LogP contribution is 2.36. The molecule has 3 nitrogen and oxygen atoms in total. The SMILES string of the molecule is O=[N+]([O-])c1cc(Br)ccc1Sc1ccc(F)cc1. The topological polar surface area (TPSA) is 43.1 Å². The van der Waals surface area contributed by atoms with Gasteiger partial charge in [-0.05, 0) is 36.4 Å². The van der Waals surface area contributed by atoms with E-state index in [0.717, 1.165) is 4.90 Å². The molecule has 0 heterocycles. The van der Waals surface area contributed by atoms with Crippen LogP contribution >= 0.6 is 27.7 Å². The molecule has 0 saturated heterocycles. The minimum Gasteiger partial charge on any atom is -0.258 e. The van der Waals surface area contributed by atoms with Crippen molar-refractivity contribution >= 4 is 33.4 Å². The lowest BCUT2D eigenvalue weighted by atomic mass is 10.3. The van der Waals surface area contributed by atoms with Crippen molar-refractivity contribution in [1.82, 2.24) is 0 Å². The molecule has 18 heavy (non-hydrogen) atoms. The maximum absolute atomic E-state index is 12.8. The Labute approximate surface area is 115 Å². The van der Waals surface area contributed by atoms with Crippen molar-refractivity contribution in [2.45, 2.75) is 9.79 Å². The van der Waals surface area contributed by atoms with Gasteiger partial charge < -0.3 is 0 Å². The maximum atomic E-state index is 12.8. The van der Waals surface area contributed by atoms with E-state index in [0.29, 0.717) is 9.37 Å². The van der Waals surface area contributed by atoms with Crippen LogP contribution in [0.2, 0.25) is 0 Å². The van der Waals surface area contributed by atoms with Gasteiger partial charge in [0.15, 0.2) is 0 Å². The number of benzene rings is 2. The Bertz CT molecular complexity index is 589. The normalized spacial score (nSPS) is 10.3. The Morgan fingerprint density at radius 1 is 1.17 bits per heavy atom. The zero-order valence-electron chi connectivity index (χ0n) is 8.97. The van der Waals surface area contributed by atoms with Gasteiger partial charge in [-0.15, -0.1) is 0 Å². The van der Waals surface area contributed by atoms with Crippen LogP contribution in [0, 0.1) is 15.9 Å². The van der Waals surface area contributed by atoms with Crippen LogP contribution in [-0.4, -0.2) is 4.92 Å². The van der Waals surface area contributed by atoms with Crippen LogP contribution in [-0.2, 0) is 0 Å². The number of nitro benzene ring substituents is 1. The lowest BCUT2D eigenvalue weighted by molar-refractivity contribution is -0.387. The first kappa shape index (κ1) is 13.0. The quantitative estimate of drug-likeness (QED) is 0.608. The van der Waals surface area contributed by atoms with Gasteiger partial charge in [0.25, 0.3) is 5.69 Å². The van der Waals surface area contributed by atoms with Crippen LogP contribution < -0.4 is 0 Å². The first-order valence-corrected chi connectivity index (χ1v) is 6.54. The predicted molar refractivity (Wildman–Crippen MR) is 71.3 cm³/mol. The van der Waals surface area contributed by atoms with Crippen LogP contribution in [0.25, 0.3) is 0 Å². The number of hydrogen-bond donors (Lipinski definition) is 0. The Morgan fingerprint density at radius 3 is 2.44 bits per heavy atom. The fourth-order valence-corrected chi connectivity index (χ4v) is 2.60. The minimum atomic E-state index is -0.434. The fourth-order valence-electron chi connectivity index (χ4n) is 1.35. The lowest BCUT2D eigenvalue weighted by Crippen LogP contribution is -1.90. The van der Waals surface area contributed by atoms with Crippen LogP contribution in [0.5, 0.6) is 0 Å². The summed E-state index contributed by atoms with van der Waals surface area (Å²) in [7, 11) is 0. The van der Waals surface area contributed by atoms with E-state index in [-0.39, 0.29) is 11.5 Å². The molecule has 0 atom stereocenters. The molecule has 0 bridgehead atoms. The highest BCUT2D eigenvalue weighted by atomic mass is 79.9. The maximum Gasteiger partial charge on any atom is 0.284 e. The fraction of sp³-hybridized carbons (Fsp3) is 0. The molecule has 0 spiro atoms. The van der Waals surface area contributed by atoms with Crippen molar-refractivity contribution in [3.63, 3.8) is 0 Å². The first-order chi connectivity index (χ1) is 8.56. The lowest BCUT2D eigenvalue weighted by Gasteiger charge is -2.03. The van der Waals surface area contributed by atoms with E-state index < -0.39 is 4.92 Å². The van der Waals surface area contributed by atoms with Crippen molar-refractivity contribution in [3.8, 4) is 0 Å². The molecule has 0 amide bonds. The second kappa shape index (κ2) is 5.49. The number of rotatable bonds is 3. The van der Waals surface area contributed by atoms with E-state index in [4.69, 9.17) is 0 Å². The molecular formula is C12H7BrFNO2S. The molecule has 0 radical (unpaired) electrons. The summed E-state index contributed by atoms with van der Waals surface area (Å²) >= 11 is 4.43. The van der Waals surface area contributed by atoms with Crippen LogP contribution in [0.3, 0.4) is 0 Å². The highest BCUT2D eigenvalue weighted by Gasteiger charge is 2.15. The number of nitrogens with zero attached hydrogens (tertiary/aromatic N) is 1. The van der Waals surface area contributed by atoms with Gasteiger partial charge in [0.2, 0.25) is 0 Å². The highest BCUT2D eigenvalue weighted by molar-refractivity contribution is 9.10. The van der Waals surface area contributed by atoms with Gasteiger partial charge in [0.05, 0.1) is 9.82 Å². The summed E-state index contributed by atoms with van der Waals surface area (Å²) in [5, 5.41) is 10.9. The van der Waals surface area contributed by atoms with Crippen molar-refractivity contribution in [2.75, 3.05) is 0 Å². The van der Waals surface area contributed by atoms with E-state index in [1.807, 2.05) is 0 Å². The smallest absolute Gasteiger partial charge is 0.258 e. The zero-order chi connectivity index (χ0) is 13.1. The van der Waals surface area contributed by atoms with Gasteiger partial charge in [-0.2, -0.15) is 0 Å². The van der Waals surface area contributed by atoms with Gasteiger partial charge in [-0.3, -0.25) is 10.1 Å². The summed E-state index contributed by atoms with van der Waals surface area (Å²) in [6, 6.07) is 10.7. The number of hydrogen-bond acceptors (Lipinski definition) is 3. The average Bonchev–Trinajstić information content (AvgIpc) is 2.34. The van der Waals surface area contributed by atoms with Gasteiger partial charge in [0.1, 0.15) is 5.82 Å². The molecule has 0 aliphatic carbocycles. The van der Waals surface area contributed by atoms with Crippen molar-refractivity contribution in [3.05, 3.63) is 62.9 Å². The molecule has 0 aliphatic heterocycles. The molecule has 0 fully saturated rings. The van der Waals surface area contributed by atoms with E-state index in [2.05, 4.69) is 15.9 Å². The molecule has 2 rings (SSSR count). The van der Waals surface area contributed by atoms with E-state index in [9.17, 15) is 14.5 Å². The minimum absolute atomic E-state index is 0.0266. The summed E-state index contributed by atoms with van der Waals surface area (Å²) in [5.74, 6) is -0.329. The van der Waals surface area contributed by atoms with Gasteiger partial charge >= 0.3 is 0 Å². The summed E-state index contributed by atoms with van der Waals surface area (Å²) < 4.78 is 13.4. The second-order valence-electron chi connectivity index (χ2n) is 3.43. The third-order valence-electron chi connectivity index (χ3n) is 2.16. The Morgan fingerprint density at radius 2 is 1.83 bits per heavy atom. The third-order valence-corrected chi connectivity index (χ3v) is 3.73. The Balaban J connectivity index is 2.34. The molecule has 0 aliphatic rings. The zero-order valence-corrected chi connectivity index (χ0v) is 11.4. The van der Waals surface area contributed by atoms with E-state index >= 15 is 0 Å². The monoisotopic (exact) mass is 327 g/mol. The molecule has 2 aromatic rings. The third kappa shape index (κ3) is 3.08. The molecule has 2 aromatic carbocycles. The van der Waals surface area contributed by atoms with Gasteiger partial charge in [0, 0.05) is 15.4 Å².